The predicted molar refractivity (Wildman–Crippen MR) is 59.9 cm³/mol. The van der Waals surface area contributed by atoms with Crippen molar-refractivity contribution in [2.45, 2.75) is 6.61 Å². The largest absolute Gasteiger partial charge is 0.322 e. The van der Waals surface area contributed by atoms with Gasteiger partial charge in [-0.15, -0.1) is 0 Å². The van der Waals surface area contributed by atoms with Crippen LogP contribution >= 0.6 is 0 Å². The Labute approximate surface area is 92.1 Å². The molecule has 0 aliphatic rings. The summed E-state index contributed by atoms with van der Waals surface area (Å²) in [7, 11) is 0. The number of hydrogen-bond acceptors (Lipinski definition) is 3. The molecule has 0 fully saturated rings. The first-order valence-electron chi connectivity index (χ1n) is 4.85. The van der Waals surface area contributed by atoms with Crippen LogP contribution in [0, 0.1) is 0 Å². The lowest BCUT2D eigenvalue weighted by Crippen LogP contribution is -2.13. The van der Waals surface area contributed by atoms with Gasteiger partial charge in [-0.1, -0.05) is 30.3 Å². The molecule has 1 aromatic heterocycles. The molecule has 82 valence electrons. The molecule has 0 saturated heterocycles. The second-order valence-electron chi connectivity index (χ2n) is 3.37. The number of H-pyrrole nitrogens is 1. The van der Waals surface area contributed by atoms with Crippen molar-refractivity contribution in [3.8, 4) is 11.3 Å². The Kier molecular flexibility index (Phi) is 3.14. The summed E-state index contributed by atoms with van der Waals surface area (Å²) in [6.45, 7) is -0.107. The summed E-state index contributed by atoms with van der Waals surface area (Å²) >= 11 is 0. The first-order chi connectivity index (χ1) is 7.81. The van der Waals surface area contributed by atoms with Crippen LogP contribution in [0.4, 0.5) is 0 Å². The van der Waals surface area contributed by atoms with Gasteiger partial charge in [0.05, 0.1) is 0 Å². The SMILES string of the molecule is O=c1[nH]c(-c2ccccc2)ccc1COO. The van der Waals surface area contributed by atoms with E-state index in [1.165, 1.54) is 0 Å². The molecular formula is C12H11NO3. The highest BCUT2D eigenvalue weighted by Gasteiger charge is 2.02. The van der Waals surface area contributed by atoms with Crippen LogP contribution in [0.1, 0.15) is 5.56 Å². The van der Waals surface area contributed by atoms with E-state index >= 15 is 0 Å². The molecular weight excluding hydrogens is 206 g/mol. The van der Waals surface area contributed by atoms with Gasteiger partial charge in [-0.3, -0.25) is 10.1 Å². The Morgan fingerprint density at radius 2 is 1.88 bits per heavy atom. The molecule has 1 heterocycles. The van der Waals surface area contributed by atoms with Gasteiger partial charge in [-0.25, -0.2) is 4.89 Å². The van der Waals surface area contributed by atoms with Crippen LogP contribution in [0.15, 0.2) is 47.3 Å². The van der Waals surface area contributed by atoms with E-state index < -0.39 is 0 Å². The third kappa shape index (κ3) is 2.18. The molecule has 0 aliphatic heterocycles. The van der Waals surface area contributed by atoms with Crippen LogP contribution in [-0.4, -0.2) is 10.2 Å². The van der Waals surface area contributed by atoms with E-state index in [9.17, 15) is 4.79 Å². The highest BCUT2D eigenvalue weighted by molar-refractivity contribution is 5.58. The second kappa shape index (κ2) is 4.74. The van der Waals surface area contributed by atoms with Gasteiger partial charge in [0.15, 0.2) is 0 Å². The fraction of sp³-hybridized carbons (Fsp3) is 0.0833. The number of aromatic nitrogens is 1. The zero-order valence-corrected chi connectivity index (χ0v) is 8.51. The minimum Gasteiger partial charge on any atom is -0.322 e. The number of nitrogens with one attached hydrogen (secondary N) is 1. The number of benzene rings is 1. The molecule has 0 amide bonds. The molecule has 0 atom stereocenters. The summed E-state index contributed by atoms with van der Waals surface area (Å²) in [4.78, 5) is 18.2. The summed E-state index contributed by atoms with van der Waals surface area (Å²) in [5.41, 5.74) is 1.82. The van der Waals surface area contributed by atoms with Crippen molar-refractivity contribution in [3.63, 3.8) is 0 Å². The van der Waals surface area contributed by atoms with Crippen LogP contribution in [0.2, 0.25) is 0 Å². The smallest absolute Gasteiger partial charge is 0.254 e. The van der Waals surface area contributed by atoms with E-state index in [-0.39, 0.29) is 12.2 Å². The second-order valence-corrected chi connectivity index (χ2v) is 3.37. The molecule has 2 rings (SSSR count). The number of pyridine rings is 1. The summed E-state index contributed by atoms with van der Waals surface area (Å²) in [6.07, 6.45) is 0. The van der Waals surface area contributed by atoms with Crippen molar-refractivity contribution in [1.82, 2.24) is 4.98 Å². The standard InChI is InChI=1S/C12H11NO3/c14-12-10(8-16-15)6-7-11(13-12)9-4-2-1-3-5-9/h1-7,15H,8H2,(H,13,14). The highest BCUT2D eigenvalue weighted by atomic mass is 17.1. The number of rotatable bonds is 3. The Balaban J connectivity index is 2.39. The van der Waals surface area contributed by atoms with E-state index in [1.807, 2.05) is 30.3 Å². The molecule has 0 radical (unpaired) electrons. The molecule has 1 aromatic carbocycles. The lowest BCUT2D eigenvalue weighted by molar-refractivity contribution is -0.253. The van der Waals surface area contributed by atoms with Crippen LogP contribution in [0.5, 0.6) is 0 Å². The van der Waals surface area contributed by atoms with Crippen LogP contribution < -0.4 is 5.56 Å². The zero-order valence-electron chi connectivity index (χ0n) is 8.51. The Morgan fingerprint density at radius 3 is 2.50 bits per heavy atom. The molecule has 0 aliphatic carbocycles. The maximum atomic E-state index is 11.6. The number of hydrogen-bond donors (Lipinski definition) is 2. The average Bonchev–Trinajstić information content (AvgIpc) is 2.33. The molecule has 0 bridgehead atoms. The average molecular weight is 217 g/mol. The Hall–Kier alpha value is -1.91. The summed E-state index contributed by atoms with van der Waals surface area (Å²) in [5.74, 6) is 0. The maximum absolute atomic E-state index is 11.6. The monoisotopic (exact) mass is 217 g/mol. The van der Waals surface area contributed by atoms with Crippen molar-refractivity contribution in [2.24, 2.45) is 0 Å². The van der Waals surface area contributed by atoms with Crippen molar-refractivity contribution in [1.29, 1.82) is 0 Å². The fourth-order valence-corrected chi connectivity index (χ4v) is 1.47. The van der Waals surface area contributed by atoms with Gasteiger partial charge < -0.3 is 4.98 Å². The Morgan fingerprint density at radius 1 is 1.12 bits per heavy atom. The normalized spacial score (nSPS) is 10.3. The predicted octanol–water partition coefficient (Wildman–Crippen LogP) is 2.03. The first-order valence-corrected chi connectivity index (χ1v) is 4.85. The molecule has 2 aromatic rings. The van der Waals surface area contributed by atoms with E-state index in [4.69, 9.17) is 5.26 Å². The fourth-order valence-electron chi connectivity index (χ4n) is 1.47. The third-order valence-corrected chi connectivity index (χ3v) is 2.30. The molecule has 4 heteroatoms. The van der Waals surface area contributed by atoms with Gasteiger partial charge in [-0.2, -0.15) is 0 Å². The zero-order chi connectivity index (χ0) is 11.4. The van der Waals surface area contributed by atoms with E-state index in [2.05, 4.69) is 9.87 Å². The topological polar surface area (TPSA) is 62.3 Å². The molecule has 4 nitrogen and oxygen atoms in total. The highest BCUT2D eigenvalue weighted by Crippen LogP contribution is 2.14. The van der Waals surface area contributed by atoms with Crippen molar-refractivity contribution < 1.29 is 10.1 Å². The van der Waals surface area contributed by atoms with Gasteiger partial charge in [0.25, 0.3) is 5.56 Å². The van der Waals surface area contributed by atoms with Crippen molar-refractivity contribution >= 4 is 0 Å². The van der Waals surface area contributed by atoms with Crippen molar-refractivity contribution in [3.05, 3.63) is 58.4 Å². The van der Waals surface area contributed by atoms with Gasteiger partial charge in [0.1, 0.15) is 6.61 Å². The van der Waals surface area contributed by atoms with E-state index in [0.717, 1.165) is 11.3 Å². The molecule has 16 heavy (non-hydrogen) atoms. The first kappa shape index (κ1) is 10.6. The molecule has 0 spiro atoms. The lowest BCUT2D eigenvalue weighted by atomic mass is 10.1. The minimum atomic E-state index is -0.254. The van der Waals surface area contributed by atoms with Crippen LogP contribution in [-0.2, 0) is 11.5 Å². The quantitative estimate of drug-likeness (QED) is 0.610. The number of aromatic amines is 1. The van der Waals surface area contributed by atoms with Crippen LogP contribution in [0.3, 0.4) is 0 Å². The Bertz CT molecular complexity index is 519. The van der Waals surface area contributed by atoms with Gasteiger partial charge in [0.2, 0.25) is 0 Å². The van der Waals surface area contributed by atoms with Gasteiger partial charge in [-0.05, 0) is 17.7 Å². The summed E-state index contributed by atoms with van der Waals surface area (Å²) in [6, 6.07) is 13.0. The lowest BCUT2D eigenvalue weighted by Gasteiger charge is -2.02. The molecule has 0 saturated carbocycles. The maximum Gasteiger partial charge on any atom is 0.254 e. The van der Waals surface area contributed by atoms with E-state index in [0.29, 0.717) is 5.56 Å². The summed E-state index contributed by atoms with van der Waals surface area (Å²) < 4.78 is 0. The van der Waals surface area contributed by atoms with Crippen LogP contribution in [0.25, 0.3) is 11.3 Å². The minimum absolute atomic E-state index is 0.107. The molecule has 0 unspecified atom stereocenters. The van der Waals surface area contributed by atoms with Crippen molar-refractivity contribution in [2.75, 3.05) is 0 Å². The molecule has 2 N–H and O–H groups in total. The summed E-state index contributed by atoms with van der Waals surface area (Å²) in [5, 5.41) is 8.28. The van der Waals surface area contributed by atoms with E-state index in [1.54, 1.807) is 12.1 Å². The third-order valence-electron chi connectivity index (χ3n) is 2.30. The van der Waals surface area contributed by atoms with Gasteiger partial charge in [0, 0.05) is 11.3 Å². The van der Waals surface area contributed by atoms with Gasteiger partial charge >= 0.3 is 0 Å².